The number of fused-ring (bicyclic) bond motifs is 7. The third-order valence-corrected chi connectivity index (χ3v) is 9.45. The van der Waals surface area contributed by atoms with Gasteiger partial charge in [-0.15, -0.1) is 0 Å². The van der Waals surface area contributed by atoms with Crippen molar-refractivity contribution in [1.29, 1.82) is 0 Å². The summed E-state index contributed by atoms with van der Waals surface area (Å²) in [5.74, 6) is -3.01. The molecule has 0 saturated carbocycles. The number of alkyl halides is 3. The molecule has 12 nitrogen and oxygen atoms in total. The Bertz CT molecular complexity index is 1880. The van der Waals surface area contributed by atoms with Crippen LogP contribution in [0.5, 0.6) is 5.75 Å². The Morgan fingerprint density at radius 1 is 0.961 bits per heavy atom. The maximum atomic E-state index is 14.1. The predicted octanol–water partition coefficient (Wildman–Crippen LogP) is 5.12. The zero-order valence-electron chi connectivity index (χ0n) is 26.4. The summed E-state index contributed by atoms with van der Waals surface area (Å²) in [5, 5.41) is 12.6. The minimum atomic E-state index is -4.93. The van der Waals surface area contributed by atoms with E-state index in [1.54, 1.807) is 18.2 Å². The van der Waals surface area contributed by atoms with Crippen LogP contribution in [0.4, 0.5) is 23.7 Å². The molecular formula is C34H29Cl2F3N4O8. The molecule has 3 aromatic rings. The predicted molar refractivity (Wildman–Crippen MR) is 176 cm³/mol. The van der Waals surface area contributed by atoms with Gasteiger partial charge in [-0.05, 0) is 67.1 Å². The number of carbonyl (C=O) groups excluding carboxylic acids is 4. The molecule has 0 radical (unpaired) electrons. The van der Waals surface area contributed by atoms with E-state index < -0.39 is 83.0 Å². The van der Waals surface area contributed by atoms with Crippen LogP contribution in [0.25, 0.3) is 0 Å². The quantitative estimate of drug-likeness (QED) is 0.375. The molecule has 2 N–H and O–H groups in total. The minimum Gasteiger partial charge on any atom is -0.491 e. The number of rotatable bonds is 4. The molecule has 268 valence electrons. The lowest BCUT2D eigenvalue weighted by molar-refractivity contribution is -0.144. The molecule has 0 aromatic heterocycles. The summed E-state index contributed by atoms with van der Waals surface area (Å²) in [6.45, 7) is -1.10. The number of hydrogen-bond acceptors (Lipinski definition) is 7. The molecule has 4 amide bonds. The highest BCUT2D eigenvalue weighted by Crippen LogP contribution is 2.37. The highest BCUT2D eigenvalue weighted by Gasteiger charge is 2.46. The van der Waals surface area contributed by atoms with Gasteiger partial charge < -0.3 is 29.7 Å². The normalized spacial score (nSPS) is 22.7. The van der Waals surface area contributed by atoms with Crippen LogP contribution in [0.15, 0.2) is 66.7 Å². The molecule has 3 aromatic carbocycles. The molecule has 4 heterocycles. The van der Waals surface area contributed by atoms with E-state index in [1.165, 1.54) is 35.2 Å². The van der Waals surface area contributed by atoms with E-state index in [0.29, 0.717) is 21.7 Å². The van der Waals surface area contributed by atoms with Crippen LogP contribution in [0.1, 0.15) is 39.1 Å². The van der Waals surface area contributed by atoms with Crippen molar-refractivity contribution in [3.05, 3.63) is 93.5 Å². The number of halogens is 5. The first-order valence-corrected chi connectivity index (χ1v) is 16.4. The largest absolute Gasteiger partial charge is 0.491 e. The molecule has 17 heteroatoms. The smallest absolute Gasteiger partial charge is 0.417 e. The number of hydrogen-bond donors (Lipinski definition) is 2. The number of carboxylic acids is 1. The van der Waals surface area contributed by atoms with Gasteiger partial charge in [-0.25, -0.2) is 9.59 Å². The third-order valence-electron chi connectivity index (χ3n) is 8.89. The van der Waals surface area contributed by atoms with Crippen LogP contribution in [-0.4, -0.2) is 95.2 Å². The summed E-state index contributed by atoms with van der Waals surface area (Å²) in [6, 6.07) is 11.8. The Balaban J connectivity index is 1.36. The summed E-state index contributed by atoms with van der Waals surface area (Å²) in [6.07, 6.45) is -7.56. The molecule has 0 unspecified atom stereocenters. The fraction of sp³-hybridized carbons (Fsp3) is 0.324. The molecule has 2 fully saturated rings. The molecule has 0 aliphatic carbocycles. The highest BCUT2D eigenvalue weighted by atomic mass is 35.5. The topological polar surface area (TPSA) is 146 Å². The second-order valence-electron chi connectivity index (χ2n) is 12.2. The van der Waals surface area contributed by atoms with Crippen molar-refractivity contribution in [2.45, 2.75) is 43.2 Å². The van der Waals surface area contributed by atoms with Gasteiger partial charge >= 0.3 is 18.2 Å². The first-order valence-electron chi connectivity index (χ1n) is 15.7. The zero-order chi connectivity index (χ0) is 36.6. The Hall–Kier alpha value is -5.02. The van der Waals surface area contributed by atoms with Crippen molar-refractivity contribution in [3.63, 3.8) is 0 Å². The first-order chi connectivity index (χ1) is 24.2. The number of nitrogens with one attached hydrogen (secondary N) is 1. The number of amides is 4. The van der Waals surface area contributed by atoms with Crippen molar-refractivity contribution < 1.29 is 51.7 Å². The molecule has 4 aliphatic heterocycles. The summed E-state index contributed by atoms with van der Waals surface area (Å²) in [4.78, 5) is 69.7. The van der Waals surface area contributed by atoms with Crippen molar-refractivity contribution in [2.75, 3.05) is 31.1 Å². The van der Waals surface area contributed by atoms with Gasteiger partial charge in [-0.2, -0.15) is 13.2 Å². The Labute approximate surface area is 298 Å². The van der Waals surface area contributed by atoms with Crippen LogP contribution < -0.4 is 15.0 Å². The lowest BCUT2D eigenvalue weighted by Gasteiger charge is -2.30. The van der Waals surface area contributed by atoms with Crippen LogP contribution in [-0.2, 0) is 20.5 Å². The Morgan fingerprint density at radius 3 is 2.39 bits per heavy atom. The lowest BCUT2D eigenvalue weighted by atomic mass is 10.1. The summed E-state index contributed by atoms with van der Waals surface area (Å²) < 4.78 is 53.2. The van der Waals surface area contributed by atoms with Gasteiger partial charge in [0.05, 0.1) is 16.6 Å². The van der Waals surface area contributed by atoms with Gasteiger partial charge in [0, 0.05) is 47.4 Å². The zero-order valence-corrected chi connectivity index (χ0v) is 28.0. The monoisotopic (exact) mass is 748 g/mol. The molecule has 0 spiro atoms. The van der Waals surface area contributed by atoms with E-state index in [0.717, 1.165) is 17.0 Å². The molecule has 7 rings (SSSR count). The van der Waals surface area contributed by atoms with Gasteiger partial charge in [0.25, 0.3) is 11.8 Å². The van der Waals surface area contributed by atoms with E-state index in [1.807, 2.05) is 0 Å². The fourth-order valence-electron chi connectivity index (χ4n) is 6.42. The van der Waals surface area contributed by atoms with Gasteiger partial charge in [-0.1, -0.05) is 29.3 Å². The van der Waals surface area contributed by atoms with E-state index in [9.17, 15) is 42.3 Å². The molecular weight excluding hydrogens is 720 g/mol. The average Bonchev–Trinajstić information content (AvgIpc) is 3.69. The van der Waals surface area contributed by atoms with Gasteiger partial charge in [0.15, 0.2) is 6.04 Å². The summed E-state index contributed by atoms with van der Waals surface area (Å²) in [5.41, 5.74) is -1.28. The van der Waals surface area contributed by atoms with E-state index in [-0.39, 0.29) is 43.7 Å². The molecule has 4 atom stereocenters. The third kappa shape index (κ3) is 7.69. The van der Waals surface area contributed by atoms with Crippen molar-refractivity contribution in [2.24, 2.45) is 0 Å². The Morgan fingerprint density at radius 2 is 1.71 bits per heavy atom. The van der Waals surface area contributed by atoms with Crippen LogP contribution in [0.3, 0.4) is 0 Å². The van der Waals surface area contributed by atoms with Crippen LogP contribution in [0.2, 0.25) is 10.0 Å². The van der Waals surface area contributed by atoms with Gasteiger partial charge in [0.1, 0.15) is 25.0 Å². The number of aliphatic carboxylic acids is 1. The first kappa shape index (κ1) is 35.8. The van der Waals surface area contributed by atoms with Crippen molar-refractivity contribution in [1.82, 2.24) is 15.1 Å². The second-order valence-corrected chi connectivity index (χ2v) is 13.0. The van der Waals surface area contributed by atoms with E-state index >= 15 is 0 Å². The highest BCUT2D eigenvalue weighted by molar-refractivity contribution is 6.31. The van der Waals surface area contributed by atoms with Gasteiger partial charge in [-0.3, -0.25) is 19.3 Å². The van der Waals surface area contributed by atoms with Crippen molar-refractivity contribution >= 4 is 58.7 Å². The second kappa shape index (κ2) is 14.3. The molecule has 4 aliphatic rings. The number of carbonyl (C=O) groups is 5. The number of nitrogens with zero attached hydrogens (tertiary/aromatic N) is 3. The standard InChI is InChI=1S/C34H29Cl2F3N4O8/c35-20-3-1-2-19(12-20)30(45)40-21-13-23-17-50-24-7-4-18(5-8-24)31(46)41-11-10-27(29(41)32(47)48)51-33(49)43(16-28(44)42(23)15-21)22-6-9-26(36)25(14-22)34(37,38)39/h1-9,12,14,21,23,27,29H,10-11,13,15-17H2,(H,40,45)(H,47,48)/t21-,23+,27+,29+/m1/s1. The Kier molecular flexibility index (Phi) is 10.0. The lowest BCUT2D eigenvalue weighted by Crippen LogP contribution is -2.50. The fourth-order valence-corrected chi connectivity index (χ4v) is 6.84. The number of carboxylic acid groups (broad SMARTS) is 1. The average molecular weight is 750 g/mol. The van der Waals surface area contributed by atoms with Crippen LogP contribution >= 0.6 is 23.2 Å². The number of ether oxygens (including phenoxy) is 2. The van der Waals surface area contributed by atoms with Gasteiger partial charge in [0.2, 0.25) is 5.91 Å². The van der Waals surface area contributed by atoms with E-state index in [4.69, 9.17) is 32.7 Å². The number of anilines is 1. The number of benzene rings is 3. The molecule has 2 saturated heterocycles. The SMILES string of the molecule is O=C(N[C@@H]1C[C@H]2COc3ccc(cc3)C(=O)N3CC[C@H](OC(=O)N(c4ccc(Cl)c(C(F)(F)F)c4)CC(=O)N2C1)[C@H]3C(=O)O)c1cccc(Cl)c1. The molecule has 51 heavy (non-hydrogen) atoms. The van der Waals surface area contributed by atoms with Crippen molar-refractivity contribution in [3.8, 4) is 5.75 Å². The maximum absolute atomic E-state index is 14.1. The minimum absolute atomic E-state index is 0.0530. The molecule has 4 bridgehead atoms. The summed E-state index contributed by atoms with van der Waals surface area (Å²) >= 11 is 11.9. The van der Waals surface area contributed by atoms with E-state index in [2.05, 4.69) is 5.32 Å². The summed E-state index contributed by atoms with van der Waals surface area (Å²) in [7, 11) is 0. The maximum Gasteiger partial charge on any atom is 0.417 e. The van der Waals surface area contributed by atoms with Crippen LogP contribution in [0, 0.1) is 0 Å².